The van der Waals surface area contributed by atoms with Gasteiger partial charge in [-0.25, -0.2) is 0 Å². The van der Waals surface area contributed by atoms with E-state index in [1.165, 1.54) is 0 Å². The van der Waals surface area contributed by atoms with E-state index in [1.807, 2.05) is 0 Å². The summed E-state index contributed by atoms with van der Waals surface area (Å²) in [5.74, 6) is -2.73. The first-order valence-corrected chi connectivity index (χ1v) is 6.62. The molecule has 1 aromatic rings. The van der Waals surface area contributed by atoms with Gasteiger partial charge in [0.25, 0.3) is 5.91 Å². The number of hydrogen-bond acceptors (Lipinski definition) is 4. The molecule has 1 rings (SSSR count). The number of hydrogen-bond donors (Lipinski definition) is 4. The molecule has 0 spiro atoms. The predicted molar refractivity (Wildman–Crippen MR) is 80.5 cm³/mol. The Morgan fingerprint density at radius 1 is 1.14 bits per heavy atom. The molecule has 7 heteroatoms. The highest BCUT2D eigenvalue weighted by Gasteiger charge is 2.19. The lowest BCUT2D eigenvalue weighted by Gasteiger charge is -2.12. The average molecular weight is 306 g/mol. The number of carboxylic acids is 2. The summed E-state index contributed by atoms with van der Waals surface area (Å²) in [6, 6.07) is 5.65. The van der Waals surface area contributed by atoms with Crippen LogP contribution in [0.2, 0.25) is 0 Å². The van der Waals surface area contributed by atoms with E-state index in [0.29, 0.717) is 5.56 Å². The maximum absolute atomic E-state index is 11.8. The van der Waals surface area contributed by atoms with Gasteiger partial charge >= 0.3 is 11.9 Å². The van der Waals surface area contributed by atoms with E-state index < -0.39 is 24.4 Å². The molecule has 7 nitrogen and oxygen atoms in total. The fourth-order valence-electron chi connectivity index (χ4n) is 1.72. The molecule has 0 fully saturated rings. The van der Waals surface area contributed by atoms with E-state index in [1.54, 1.807) is 30.3 Å². The normalized spacial score (nSPS) is 11.5. The molecular formula is C15H18N2O5. The third-order valence-electron chi connectivity index (χ3n) is 2.89. The SMILES string of the molecule is C=Cc1ccc(C(=O)NCCN[C@@H](CC(=O)O)C(=O)O)cc1. The summed E-state index contributed by atoms with van der Waals surface area (Å²) < 4.78 is 0. The summed E-state index contributed by atoms with van der Waals surface area (Å²) in [6.07, 6.45) is 1.15. The summed E-state index contributed by atoms with van der Waals surface area (Å²) in [5.41, 5.74) is 1.38. The van der Waals surface area contributed by atoms with Gasteiger partial charge in [-0.3, -0.25) is 14.4 Å². The maximum Gasteiger partial charge on any atom is 0.321 e. The number of aliphatic carboxylic acids is 2. The molecule has 1 atom stereocenters. The molecular weight excluding hydrogens is 288 g/mol. The summed E-state index contributed by atoms with van der Waals surface area (Å²) >= 11 is 0. The Hall–Kier alpha value is -2.67. The number of rotatable bonds is 9. The molecule has 0 bridgehead atoms. The molecule has 0 heterocycles. The summed E-state index contributed by atoms with van der Waals surface area (Å²) in [6.45, 7) is 3.96. The van der Waals surface area contributed by atoms with Crippen molar-refractivity contribution >= 4 is 23.9 Å². The zero-order chi connectivity index (χ0) is 16.5. The number of benzene rings is 1. The van der Waals surface area contributed by atoms with E-state index in [0.717, 1.165) is 5.56 Å². The van der Waals surface area contributed by atoms with Crippen LogP contribution in [-0.4, -0.2) is 47.2 Å². The largest absolute Gasteiger partial charge is 0.481 e. The van der Waals surface area contributed by atoms with Gasteiger partial charge in [-0.05, 0) is 17.7 Å². The van der Waals surface area contributed by atoms with Gasteiger partial charge in [0.15, 0.2) is 0 Å². The molecule has 1 aromatic carbocycles. The summed E-state index contributed by atoms with van der Waals surface area (Å²) in [5, 5.41) is 22.6. The van der Waals surface area contributed by atoms with E-state index in [9.17, 15) is 14.4 Å². The lowest BCUT2D eigenvalue weighted by molar-refractivity contribution is -0.145. The van der Waals surface area contributed by atoms with Gasteiger partial charge in [0.1, 0.15) is 6.04 Å². The van der Waals surface area contributed by atoms with Crippen molar-refractivity contribution in [1.82, 2.24) is 10.6 Å². The van der Waals surface area contributed by atoms with Gasteiger partial charge in [-0.2, -0.15) is 0 Å². The van der Waals surface area contributed by atoms with Crippen LogP contribution in [0.5, 0.6) is 0 Å². The molecule has 0 saturated heterocycles. The van der Waals surface area contributed by atoms with Crippen molar-refractivity contribution in [2.75, 3.05) is 13.1 Å². The van der Waals surface area contributed by atoms with Crippen molar-refractivity contribution in [2.45, 2.75) is 12.5 Å². The molecule has 0 radical (unpaired) electrons. The van der Waals surface area contributed by atoms with Crippen LogP contribution < -0.4 is 10.6 Å². The van der Waals surface area contributed by atoms with Crippen LogP contribution in [0.1, 0.15) is 22.3 Å². The number of carbonyl (C=O) groups is 3. The van der Waals surface area contributed by atoms with E-state index in [2.05, 4.69) is 17.2 Å². The first kappa shape index (κ1) is 17.4. The molecule has 0 aliphatic rings. The lowest BCUT2D eigenvalue weighted by atomic mass is 10.1. The first-order chi connectivity index (χ1) is 10.4. The van der Waals surface area contributed by atoms with Crippen LogP contribution in [-0.2, 0) is 9.59 Å². The molecule has 0 aliphatic heterocycles. The molecule has 0 unspecified atom stereocenters. The highest BCUT2D eigenvalue weighted by molar-refractivity contribution is 5.94. The number of amides is 1. The van der Waals surface area contributed by atoms with Crippen molar-refractivity contribution in [3.05, 3.63) is 42.0 Å². The number of carboxylic acid groups (broad SMARTS) is 2. The summed E-state index contributed by atoms with van der Waals surface area (Å²) in [7, 11) is 0. The number of carbonyl (C=O) groups excluding carboxylic acids is 1. The van der Waals surface area contributed by atoms with Crippen LogP contribution in [0.15, 0.2) is 30.8 Å². The van der Waals surface area contributed by atoms with E-state index >= 15 is 0 Å². The fraction of sp³-hybridized carbons (Fsp3) is 0.267. The molecule has 118 valence electrons. The Balaban J connectivity index is 2.39. The highest BCUT2D eigenvalue weighted by atomic mass is 16.4. The van der Waals surface area contributed by atoms with Gasteiger partial charge in [-0.1, -0.05) is 24.8 Å². The third-order valence-corrected chi connectivity index (χ3v) is 2.89. The van der Waals surface area contributed by atoms with Gasteiger partial charge in [0, 0.05) is 18.7 Å². The first-order valence-electron chi connectivity index (χ1n) is 6.62. The smallest absolute Gasteiger partial charge is 0.321 e. The Morgan fingerprint density at radius 2 is 1.77 bits per heavy atom. The van der Waals surface area contributed by atoms with Gasteiger partial charge in [0.05, 0.1) is 6.42 Å². The van der Waals surface area contributed by atoms with E-state index in [-0.39, 0.29) is 19.0 Å². The Morgan fingerprint density at radius 3 is 2.27 bits per heavy atom. The topological polar surface area (TPSA) is 116 Å². The lowest BCUT2D eigenvalue weighted by Crippen LogP contribution is -2.42. The van der Waals surface area contributed by atoms with Crippen molar-refractivity contribution in [3.63, 3.8) is 0 Å². The van der Waals surface area contributed by atoms with Crippen LogP contribution in [0.25, 0.3) is 6.08 Å². The van der Waals surface area contributed by atoms with Crippen molar-refractivity contribution < 1.29 is 24.6 Å². The quantitative estimate of drug-likeness (QED) is 0.496. The predicted octanol–water partition coefficient (Wildman–Crippen LogP) is 0.577. The number of nitrogens with one attached hydrogen (secondary N) is 2. The van der Waals surface area contributed by atoms with Crippen LogP contribution in [0.3, 0.4) is 0 Å². The Kier molecular flexibility index (Phi) is 6.78. The van der Waals surface area contributed by atoms with Crippen LogP contribution in [0, 0.1) is 0 Å². The van der Waals surface area contributed by atoms with Crippen LogP contribution in [0.4, 0.5) is 0 Å². The fourth-order valence-corrected chi connectivity index (χ4v) is 1.72. The van der Waals surface area contributed by atoms with Crippen molar-refractivity contribution in [3.8, 4) is 0 Å². The zero-order valence-corrected chi connectivity index (χ0v) is 11.9. The minimum absolute atomic E-state index is 0.154. The molecule has 22 heavy (non-hydrogen) atoms. The minimum atomic E-state index is -1.24. The second-order valence-electron chi connectivity index (χ2n) is 4.52. The standard InChI is InChI=1S/C15H18N2O5/c1-2-10-3-5-11(6-4-10)14(20)17-8-7-16-12(15(21)22)9-13(18)19/h2-6,12,16H,1,7-9H2,(H,17,20)(H,18,19)(H,21,22)/t12-/m0/s1. The Bertz CT molecular complexity index is 554. The van der Waals surface area contributed by atoms with Gasteiger partial charge in [0.2, 0.25) is 0 Å². The molecule has 0 aliphatic carbocycles. The average Bonchev–Trinajstić information content (AvgIpc) is 2.49. The monoisotopic (exact) mass is 306 g/mol. The maximum atomic E-state index is 11.8. The van der Waals surface area contributed by atoms with E-state index in [4.69, 9.17) is 10.2 Å². The highest BCUT2D eigenvalue weighted by Crippen LogP contribution is 2.05. The van der Waals surface area contributed by atoms with Gasteiger partial charge < -0.3 is 20.8 Å². The summed E-state index contributed by atoms with van der Waals surface area (Å²) in [4.78, 5) is 33.2. The third kappa shape index (κ3) is 5.76. The molecule has 0 aromatic heterocycles. The van der Waals surface area contributed by atoms with Crippen molar-refractivity contribution in [2.24, 2.45) is 0 Å². The molecule has 4 N–H and O–H groups in total. The minimum Gasteiger partial charge on any atom is -0.481 e. The second kappa shape index (κ2) is 8.58. The van der Waals surface area contributed by atoms with Gasteiger partial charge in [-0.15, -0.1) is 0 Å². The van der Waals surface area contributed by atoms with Crippen molar-refractivity contribution in [1.29, 1.82) is 0 Å². The zero-order valence-electron chi connectivity index (χ0n) is 11.9. The molecule has 0 saturated carbocycles. The second-order valence-corrected chi connectivity index (χ2v) is 4.52. The Labute approximate surface area is 127 Å². The van der Waals surface area contributed by atoms with Crippen LogP contribution >= 0.6 is 0 Å². The molecule has 1 amide bonds.